The second-order valence-electron chi connectivity index (χ2n) is 7.09. The number of aromatic nitrogens is 2. The fourth-order valence-electron chi connectivity index (χ4n) is 4.10. The van der Waals surface area contributed by atoms with Crippen molar-refractivity contribution in [3.8, 4) is 0 Å². The van der Waals surface area contributed by atoms with Crippen molar-refractivity contribution in [1.29, 1.82) is 0 Å². The molecule has 3 rings (SSSR count). The highest BCUT2D eigenvalue weighted by atomic mass is 16.5. The Balaban J connectivity index is 1.31. The first-order valence-corrected chi connectivity index (χ1v) is 9.29. The van der Waals surface area contributed by atoms with Crippen LogP contribution in [0.5, 0.6) is 0 Å². The molecule has 1 heterocycles. The Morgan fingerprint density at radius 1 is 1.46 bits per heavy atom. The smallest absolute Gasteiger partial charge is 0.315 e. The maximum atomic E-state index is 12.1. The highest BCUT2D eigenvalue weighted by Crippen LogP contribution is 2.57. The van der Waals surface area contributed by atoms with Crippen LogP contribution < -0.4 is 10.6 Å². The standard InChI is InChI=1S/C18H30N4O2/c1-3-24-16-13-15(18(16)7-6-8-18)21-17(23)20-9-4-5-11-22-12-10-19-14(22)2/h10,12,15-16H,3-9,11,13H2,1-2H3,(H2,20,21,23). The van der Waals surface area contributed by atoms with E-state index in [1.807, 2.05) is 26.2 Å². The molecular formula is C18H30N4O2. The van der Waals surface area contributed by atoms with Crippen molar-refractivity contribution >= 4 is 6.03 Å². The molecule has 2 aliphatic carbocycles. The molecule has 2 atom stereocenters. The Hall–Kier alpha value is -1.56. The van der Waals surface area contributed by atoms with Crippen LogP contribution in [0.1, 0.15) is 51.3 Å². The first-order chi connectivity index (χ1) is 11.7. The molecule has 134 valence electrons. The van der Waals surface area contributed by atoms with Crippen LogP contribution in [-0.4, -0.2) is 40.9 Å². The third-order valence-corrected chi connectivity index (χ3v) is 5.78. The number of nitrogens with zero attached hydrogens (tertiary/aromatic N) is 2. The third-order valence-electron chi connectivity index (χ3n) is 5.78. The number of hydrogen-bond acceptors (Lipinski definition) is 3. The first-order valence-electron chi connectivity index (χ1n) is 9.29. The predicted octanol–water partition coefficient (Wildman–Crippen LogP) is 2.62. The number of urea groups is 1. The Labute approximate surface area is 144 Å². The number of ether oxygens (including phenoxy) is 1. The maximum Gasteiger partial charge on any atom is 0.315 e. The molecule has 1 spiro atoms. The molecule has 2 N–H and O–H groups in total. The van der Waals surface area contributed by atoms with Crippen LogP contribution in [0.15, 0.2) is 12.4 Å². The summed E-state index contributed by atoms with van der Waals surface area (Å²) in [4.78, 5) is 16.3. The van der Waals surface area contributed by atoms with Crippen molar-refractivity contribution in [2.75, 3.05) is 13.2 Å². The summed E-state index contributed by atoms with van der Waals surface area (Å²) in [6.45, 7) is 6.49. The number of carbonyl (C=O) groups is 1. The average Bonchev–Trinajstić information content (AvgIpc) is 2.89. The van der Waals surface area contributed by atoms with E-state index < -0.39 is 0 Å². The molecule has 6 nitrogen and oxygen atoms in total. The monoisotopic (exact) mass is 334 g/mol. The number of carbonyl (C=O) groups excluding carboxylic acids is 1. The van der Waals surface area contributed by atoms with E-state index in [2.05, 4.69) is 20.2 Å². The minimum absolute atomic E-state index is 0.0277. The van der Waals surface area contributed by atoms with E-state index in [4.69, 9.17) is 4.74 Å². The molecule has 2 amide bonds. The summed E-state index contributed by atoms with van der Waals surface area (Å²) >= 11 is 0. The van der Waals surface area contributed by atoms with Crippen molar-refractivity contribution in [2.45, 2.75) is 71.1 Å². The van der Waals surface area contributed by atoms with Crippen molar-refractivity contribution in [3.05, 3.63) is 18.2 Å². The summed E-state index contributed by atoms with van der Waals surface area (Å²) in [5.74, 6) is 1.04. The molecule has 24 heavy (non-hydrogen) atoms. The van der Waals surface area contributed by atoms with Gasteiger partial charge < -0.3 is 19.9 Å². The van der Waals surface area contributed by atoms with Crippen LogP contribution >= 0.6 is 0 Å². The second-order valence-corrected chi connectivity index (χ2v) is 7.09. The molecule has 0 saturated heterocycles. The second kappa shape index (κ2) is 7.55. The van der Waals surface area contributed by atoms with E-state index in [1.54, 1.807) is 0 Å². The van der Waals surface area contributed by atoms with Gasteiger partial charge in [0.1, 0.15) is 5.82 Å². The lowest BCUT2D eigenvalue weighted by molar-refractivity contribution is -0.169. The number of amides is 2. The summed E-state index contributed by atoms with van der Waals surface area (Å²) in [6, 6.07) is 0.261. The normalized spacial score (nSPS) is 24.2. The predicted molar refractivity (Wildman–Crippen MR) is 92.8 cm³/mol. The van der Waals surface area contributed by atoms with Crippen molar-refractivity contribution in [2.24, 2.45) is 5.41 Å². The number of nitrogens with one attached hydrogen (secondary N) is 2. The minimum Gasteiger partial charge on any atom is -0.378 e. The fraction of sp³-hybridized carbons (Fsp3) is 0.778. The zero-order valence-corrected chi connectivity index (χ0v) is 14.9. The Kier molecular flexibility index (Phi) is 5.43. The van der Waals surface area contributed by atoms with Gasteiger partial charge in [-0.3, -0.25) is 0 Å². The Morgan fingerprint density at radius 3 is 2.92 bits per heavy atom. The number of hydrogen-bond donors (Lipinski definition) is 2. The summed E-state index contributed by atoms with van der Waals surface area (Å²) in [5, 5.41) is 6.16. The van der Waals surface area contributed by atoms with Crippen LogP contribution in [0.4, 0.5) is 4.79 Å². The zero-order chi connectivity index (χ0) is 17.0. The molecule has 1 aromatic heterocycles. The number of imidazole rings is 1. The lowest BCUT2D eigenvalue weighted by atomic mass is 9.51. The van der Waals surface area contributed by atoms with E-state index in [-0.39, 0.29) is 17.5 Å². The highest BCUT2D eigenvalue weighted by molar-refractivity contribution is 5.74. The van der Waals surface area contributed by atoms with E-state index in [0.29, 0.717) is 12.6 Å². The van der Waals surface area contributed by atoms with Gasteiger partial charge >= 0.3 is 6.03 Å². The van der Waals surface area contributed by atoms with Gasteiger partial charge in [0.25, 0.3) is 0 Å². The van der Waals surface area contributed by atoms with Crippen molar-refractivity contribution in [3.63, 3.8) is 0 Å². The van der Waals surface area contributed by atoms with Crippen molar-refractivity contribution in [1.82, 2.24) is 20.2 Å². The SMILES string of the molecule is CCOC1CC(NC(=O)NCCCCn2ccnc2C)C12CCC2. The summed E-state index contributed by atoms with van der Waals surface area (Å²) in [7, 11) is 0. The Morgan fingerprint density at radius 2 is 2.29 bits per heavy atom. The zero-order valence-electron chi connectivity index (χ0n) is 14.9. The maximum absolute atomic E-state index is 12.1. The lowest BCUT2D eigenvalue weighted by Crippen LogP contribution is -2.68. The first kappa shape index (κ1) is 17.3. The molecule has 2 aliphatic rings. The molecule has 2 fully saturated rings. The van der Waals surface area contributed by atoms with Crippen LogP contribution in [0, 0.1) is 12.3 Å². The molecular weight excluding hydrogens is 304 g/mol. The van der Waals surface area contributed by atoms with Gasteiger partial charge in [0, 0.05) is 43.5 Å². The van der Waals surface area contributed by atoms with Gasteiger partial charge in [-0.1, -0.05) is 6.42 Å². The molecule has 2 unspecified atom stereocenters. The van der Waals surface area contributed by atoms with Crippen LogP contribution in [0.3, 0.4) is 0 Å². The van der Waals surface area contributed by atoms with Gasteiger partial charge in [-0.2, -0.15) is 0 Å². The van der Waals surface area contributed by atoms with E-state index in [0.717, 1.165) is 38.2 Å². The number of aryl methyl sites for hydroxylation is 2. The molecule has 0 aliphatic heterocycles. The molecule has 6 heteroatoms. The Bertz CT molecular complexity index is 553. The van der Waals surface area contributed by atoms with Gasteiger partial charge in [-0.15, -0.1) is 0 Å². The van der Waals surface area contributed by atoms with Crippen LogP contribution in [0.25, 0.3) is 0 Å². The lowest BCUT2D eigenvalue weighted by Gasteiger charge is -2.60. The molecule has 2 saturated carbocycles. The summed E-state index contributed by atoms with van der Waals surface area (Å²) in [5.41, 5.74) is 0.228. The van der Waals surface area contributed by atoms with Gasteiger partial charge in [0.15, 0.2) is 0 Å². The van der Waals surface area contributed by atoms with Gasteiger partial charge in [-0.05, 0) is 46.0 Å². The van der Waals surface area contributed by atoms with Gasteiger partial charge in [-0.25, -0.2) is 9.78 Å². The highest BCUT2D eigenvalue weighted by Gasteiger charge is 2.59. The average molecular weight is 334 g/mol. The topological polar surface area (TPSA) is 68.2 Å². The van der Waals surface area contributed by atoms with Crippen LogP contribution in [-0.2, 0) is 11.3 Å². The van der Waals surface area contributed by atoms with E-state index in [1.165, 1.54) is 19.3 Å². The summed E-state index contributed by atoms with van der Waals surface area (Å²) < 4.78 is 7.97. The third kappa shape index (κ3) is 3.43. The van der Waals surface area contributed by atoms with E-state index >= 15 is 0 Å². The van der Waals surface area contributed by atoms with E-state index in [9.17, 15) is 4.79 Å². The quantitative estimate of drug-likeness (QED) is 0.718. The molecule has 0 radical (unpaired) electrons. The molecule has 0 aromatic carbocycles. The molecule has 1 aromatic rings. The fourth-order valence-corrected chi connectivity index (χ4v) is 4.10. The number of unbranched alkanes of at least 4 members (excludes halogenated alkanes) is 1. The van der Waals surface area contributed by atoms with Gasteiger partial charge in [0.2, 0.25) is 0 Å². The van der Waals surface area contributed by atoms with Crippen molar-refractivity contribution < 1.29 is 9.53 Å². The van der Waals surface area contributed by atoms with Crippen LogP contribution in [0.2, 0.25) is 0 Å². The largest absolute Gasteiger partial charge is 0.378 e. The minimum atomic E-state index is -0.0277. The molecule has 0 bridgehead atoms. The summed E-state index contributed by atoms with van der Waals surface area (Å²) in [6.07, 6.45) is 10.8. The number of rotatable bonds is 8. The van der Waals surface area contributed by atoms with Gasteiger partial charge in [0.05, 0.1) is 6.10 Å².